The average molecular weight is 341 g/mol. The Bertz CT molecular complexity index is 475. The van der Waals surface area contributed by atoms with Crippen LogP contribution in [0.2, 0.25) is 0 Å². The molecule has 0 aromatic heterocycles. The van der Waals surface area contributed by atoms with E-state index in [0.717, 1.165) is 25.2 Å². The van der Waals surface area contributed by atoms with Gasteiger partial charge in [-0.1, -0.05) is 24.6 Å². The minimum absolute atomic E-state index is 0. The summed E-state index contributed by atoms with van der Waals surface area (Å²) in [5.41, 5.74) is 6.75. The normalized spacial score (nSPS) is 18.8. The van der Waals surface area contributed by atoms with Crippen LogP contribution in [-0.4, -0.2) is 42.1 Å². The molecule has 130 valence electrons. The quantitative estimate of drug-likeness (QED) is 0.772. The fourth-order valence-electron chi connectivity index (χ4n) is 2.93. The highest BCUT2D eigenvalue weighted by Gasteiger charge is 2.26. The highest BCUT2D eigenvalue weighted by Crippen LogP contribution is 2.18. The highest BCUT2D eigenvalue weighted by atomic mass is 35.5. The molecule has 0 aliphatic carbocycles. The van der Waals surface area contributed by atoms with Crippen LogP contribution in [0.25, 0.3) is 0 Å². The molecule has 1 aliphatic heterocycles. The van der Waals surface area contributed by atoms with Crippen molar-refractivity contribution in [1.29, 1.82) is 0 Å². The van der Waals surface area contributed by atoms with Crippen molar-refractivity contribution < 1.29 is 4.79 Å². The molecular weight excluding hydrogens is 312 g/mol. The number of urea groups is 1. The van der Waals surface area contributed by atoms with Crippen molar-refractivity contribution in [2.24, 2.45) is 5.73 Å². The summed E-state index contributed by atoms with van der Waals surface area (Å²) < 4.78 is 0. The summed E-state index contributed by atoms with van der Waals surface area (Å²) in [6.45, 7) is 6.68. The third-order valence-corrected chi connectivity index (χ3v) is 3.89. The molecule has 23 heavy (non-hydrogen) atoms. The van der Waals surface area contributed by atoms with Crippen LogP contribution in [0.4, 0.5) is 10.5 Å². The number of hydrogen-bond acceptors (Lipinski definition) is 3. The number of carbonyl (C=O) groups excluding carboxylic acids is 1. The van der Waals surface area contributed by atoms with Gasteiger partial charge in [0, 0.05) is 30.4 Å². The van der Waals surface area contributed by atoms with Gasteiger partial charge in [0.1, 0.15) is 0 Å². The van der Waals surface area contributed by atoms with Crippen molar-refractivity contribution in [2.45, 2.75) is 44.7 Å². The van der Waals surface area contributed by atoms with Gasteiger partial charge in [0.15, 0.2) is 0 Å². The van der Waals surface area contributed by atoms with E-state index in [1.807, 2.05) is 44.2 Å². The van der Waals surface area contributed by atoms with Crippen LogP contribution in [0.3, 0.4) is 0 Å². The van der Waals surface area contributed by atoms with E-state index in [9.17, 15) is 4.79 Å². The zero-order valence-corrected chi connectivity index (χ0v) is 14.9. The minimum Gasteiger partial charge on any atom is -0.336 e. The monoisotopic (exact) mass is 340 g/mol. The number of halogens is 1. The predicted octanol–water partition coefficient (Wildman–Crippen LogP) is 2.82. The molecule has 1 saturated heterocycles. The van der Waals surface area contributed by atoms with E-state index in [-0.39, 0.29) is 24.0 Å². The van der Waals surface area contributed by atoms with E-state index in [2.05, 4.69) is 15.5 Å². The molecule has 1 fully saturated rings. The topological polar surface area (TPSA) is 70.4 Å². The first kappa shape index (κ1) is 19.7. The van der Waals surface area contributed by atoms with Crippen LogP contribution < -0.4 is 16.4 Å². The second-order valence-electron chi connectivity index (χ2n) is 6.81. The van der Waals surface area contributed by atoms with Crippen molar-refractivity contribution in [2.75, 3.05) is 25.0 Å². The lowest BCUT2D eigenvalue weighted by Crippen LogP contribution is -2.54. The molecule has 6 heteroatoms. The van der Waals surface area contributed by atoms with Crippen LogP contribution in [-0.2, 0) is 0 Å². The summed E-state index contributed by atoms with van der Waals surface area (Å²) in [6.07, 6.45) is 3.54. The Morgan fingerprint density at radius 2 is 2.00 bits per heavy atom. The van der Waals surface area contributed by atoms with Crippen LogP contribution in [0.5, 0.6) is 0 Å². The van der Waals surface area contributed by atoms with Crippen molar-refractivity contribution in [3.05, 3.63) is 30.3 Å². The Labute approximate surface area is 145 Å². The average Bonchev–Trinajstić information content (AvgIpc) is 2.46. The van der Waals surface area contributed by atoms with Gasteiger partial charge >= 0.3 is 6.03 Å². The Hall–Kier alpha value is -1.30. The summed E-state index contributed by atoms with van der Waals surface area (Å²) in [7, 11) is 0. The summed E-state index contributed by atoms with van der Waals surface area (Å²) in [4.78, 5) is 14.4. The number of rotatable bonds is 5. The van der Waals surface area contributed by atoms with E-state index < -0.39 is 0 Å². The second kappa shape index (κ2) is 9.11. The van der Waals surface area contributed by atoms with Gasteiger partial charge in [-0.25, -0.2) is 4.79 Å². The maximum absolute atomic E-state index is 12.0. The van der Waals surface area contributed by atoms with Crippen LogP contribution in [0.1, 0.15) is 33.1 Å². The lowest BCUT2D eigenvalue weighted by atomic mass is 9.98. The van der Waals surface area contributed by atoms with Crippen molar-refractivity contribution in [1.82, 2.24) is 10.2 Å². The van der Waals surface area contributed by atoms with E-state index in [1.54, 1.807) is 0 Å². The molecule has 0 bridgehead atoms. The molecule has 0 spiro atoms. The van der Waals surface area contributed by atoms with Gasteiger partial charge in [0.05, 0.1) is 0 Å². The Kier molecular flexibility index (Phi) is 7.82. The van der Waals surface area contributed by atoms with Crippen molar-refractivity contribution in [3.8, 4) is 0 Å². The Morgan fingerprint density at radius 3 is 2.65 bits per heavy atom. The van der Waals surface area contributed by atoms with Gasteiger partial charge in [0.2, 0.25) is 0 Å². The molecule has 0 saturated carbocycles. The number of nitrogens with zero attached hydrogens (tertiary/aromatic N) is 1. The maximum atomic E-state index is 12.0. The zero-order chi connectivity index (χ0) is 16.0. The number of anilines is 1. The van der Waals surface area contributed by atoms with E-state index in [4.69, 9.17) is 5.73 Å². The number of nitrogens with two attached hydrogens (primary N) is 1. The number of likely N-dealkylation sites (tertiary alicyclic amines) is 1. The highest BCUT2D eigenvalue weighted by molar-refractivity contribution is 5.89. The van der Waals surface area contributed by atoms with Crippen molar-refractivity contribution in [3.63, 3.8) is 0 Å². The van der Waals surface area contributed by atoms with Crippen LogP contribution in [0, 0.1) is 0 Å². The molecule has 2 amide bonds. The molecule has 1 aromatic carbocycles. The molecule has 1 atom stereocenters. The first-order chi connectivity index (χ1) is 10.4. The van der Waals surface area contributed by atoms with Gasteiger partial charge in [0.25, 0.3) is 0 Å². The first-order valence-corrected chi connectivity index (χ1v) is 8.07. The van der Waals surface area contributed by atoms with Crippen LogP contribution in [0.15, 0.2) is 30.3 Å². The molecular formula is C17H29ClN4O. The molecule has 5 nitrogen and oxygen atoms in total. The smallest absolute Gasteiger partial charge is 0.319 e. The second-order valence-corrected chi connectivity index (χ2v) is 6.81. The maximum Gasteiger partial charge on any atom is 0.319 e. The molecule has 1 unspecified atom stereocenters. The Morgan fingerprint density at radius 1 is 1.30 bits per heavy atom. The number of carbonyl (C=O) groups is 1. The van der Waals surface area contributed by atoms with Gasteiger partial charge in [-0.05, 0) is 45.4 Å². The van der Waals surface area contributed by atoms with Gasteiger partial charge < -0.3 is 16.4 Å². The van der Waals surface area contributed by atoms with Crippen molar-refractivity contribution >= 4 is 24.1 Å². The lowest BCUT2D eigenvalue weighted by Gasteiger charge is -2.39. The number of hydrogen-bond donors (Lipinski definition) is 3. The third kappa shape index (κ3) is 7.20. The fraction of sp³-hybridized carbons (Fsp3) is 0.588. The number of nitrogens with one attached hydrogen (secondary N) is 2. The molecule has 0 radical (unpaired) electrons. The summed E-state index contributed by atoms with van der Waals surface area (Å²) >= 11 is 0. The third-order valence-electron chi connectivity index (χ3n) is 3.89. The Balaban J connectivity index is 0.00000264. The predicted molar refractivity (Wildman–Crippen MR) is 98.2 cm³/mol. The summed E-state index contributed by atoms with van der Waals surface area (Å²) in [6, 6.07) is 9.72. The number of amides is 2. The molecule has 1 heterocycles. The zero-order valence-electron chi connectivity index (χ0n) is 14.0. The number of benzene rings is 1. The lowest BCUT2D eigenvalue weighted by molar-refractivity contribution is 0.122. The van der Waals surface area contributed by atoms with Crippen LogP contribution >= 0.6 is 12.4 Å². The van der Waals surface area contributed by atoms with E-state index in [1.165, 1.54) is 12.8 Å². The van der Waals surface area contributed by atoms with E-state index in [0.29, 0.717) is 12.6 Å². The van der Waals surface area contributed by atoms with Gasteiger partial charge in [-0.15, -0.1) is 12.4 Å². The number of para-hydroxylation sites is 1. The molecule has 1 aliphatic rings. The molecule has 1 aromatic rings. The van der Waals surface area contributed by atoms with E-state index >= 15 is 0 Å². The fourth-order valence-corrected chi connectivity index (χ4v) is 2.93. The summed E-state index contributed by atoms with van der Waals surface area (Å²) in [5, 5.41) is 5.84. The first-order valence-electron chi connectivity index (χ1n) is 8.07. The largest absolute Gasteiger partial charge is 0.336 e. The SMILES string of the molecule is CC(C)(N)CN1CCCCC1CNC(=O)Nc1ccccc1.Cl. The van der Waals surface area contributed by atoms with Gasteiger partial charge in [-0.2, -0.15) is 0 Å². The summed E-state index contributed by atoms with van der Waals surface area (Å²) in [5.74, 6) is 0. The minimum atomic E-state index is -0.206. The molecule has 2 rings (SSSR count). The van der Waals surface area contributed by atoms with Gasteiger partial charge in [-0.3, -0.25) is 4.90 Å². The number of piperidine rings is 1. The standard InChI is InChI=1S/C17H28N4O.ClH/c1-17(2,18)13-21-11-7-6-10-15(21)12-19-16(22)20-14-8-4-3-5-9-14;/h3-5,8-9,15H,6-7,10-13,18H2,1-2H3,(H2,19,20,22);1H. The molecule has 4 N–H and O–H groups in total.